The smallest absolute Gasteiger partial charge is 0.264 e. The van der Waals surface area contributed by atoms with E-state index in [1.807, 2.05) is 24.3 Å². The normalized spacial score (nSPS) is 11.3. The van der Waals surface area contributed by atoms with Gasteiger partial charge in [0.25, 0.3) is 10.0 Å². The third kappa shape index (κ3) is 7.06. The maximum Gasteiger partial charge on any atom is 0.264 e. The van der Waals surface area contributed by atoms with E-state index in [1.165, 1.54) is 18.2 Å². The summed E-state index contributed by atoms with van der Waals surface area (Å²) in [6.07, 6.45) is 0.726. The van der Waals surface area contributed by atoms with Gasteiger partial charge >= 0.3 is 0 Å². The van der Waals surface area contributed by atoms with E-state index in [4.69, 9.17) is 34.8 Å². The Kier molecular flexibility index (Phi) is 9.97. The number of hydrogen-bond donors (Lipinski definition) is 1. The number of nitrogens with one attached hydrogen (secondary N) is 1. The highest BCUT2D eigenvalue weighted by Crippen LogP contribution is 2.35. The number of halogens is 3. The van der Waals surface area contributed by atoms with E-state index in [0.717, 1.165) is 32.8 Å². The minimum Gasteiger partial charge on any atom is -0.354 e. The molecule has 0 atom stereocenters. The van der Waals surface area contributed by atoms with Crippen LogP contribution in [0.15, 0.2) is 77.7 Å². The van der Waals surface area contributed by atoms with Gasteiger partial charge in [-0.05, 0) is 48.1 Å². The van der Waals surface area contributed by atoms with Crippen LogP contribution in [0.4, 0.5) is 5.69 Å². The second-order valence-electron chi connectivity index (χ2n) is 7.25. The van der Waals surface area contributed by atoms with Crippen molar-refractivity contribution in [1.29, 1.82) is 0 Å². The van der Waals surface area contributed by atoms with Crippen LogP contribution in [0.1, 0.15) is 12.0 Å². The van der Waals surface area contributed by atoms with E-state index in [9.17, 15) is 13.2 Å². The van der Waals surface area contributed by atoms with Crippen LogP contribution in [0.2, 0.25) is 15.1 Å². The molecule has 0 spiro atoms. The van der Waals surface area contributed by atoms with Gasteiger partial charge in [-0.25, -0.2) is 8.42 Å². The molecule has 0 saturated carbocycles. The molecular formula is C24H23Cl3N2O3S2. The van der Waals surface area contributed by atoms with Gasteiger partial charge in [-0.1, -0.05) is 77.3 Å². The Hall–Kier alpha value is -1.90. The van der Waals surface area contributed by atoms with Crippen molar-refractivity contribution in [2.45, 2.75) is 17.1 Å². The molecule has 0 aliphatic rings. The summed E-state index contributed by atoms with van der Waals surface area (Å²) in [4.78, 5) is 12.7. The highest BCUT2D eigenvalue weighted by atomic mass is 35.5. The van der Waals surface area contributed by atoms with Crippen molar-refractivity contribution >= 4 is 68.2 Å². The maximum atomic E-state index is 13.3. The summed E-state index contributed by atoms with van der Waals surface area (Å²) < 4.78 is 27.7. The fourth-order valence-electron chi connectivity index (χ4n) is 3.09. The molecule has 0 radical (unpaired) electrons. The molecule has 0 unspecified atom stereocenters. The third-order valence-electron chi connectivity index (χ3n) is 4.82. The van der Waals surface area contributed by atoms with Crippen molar-refractivity contribution in [1.82, 2.24) is 5.32 Å². The Labute approximate surface area is 219 Å². The summed E-state index contributed by atoms with van der Waals surface area (Å²) in [6, 6.07) is 20.2. The lowest BCUT2D eigenvalue weighted by atomic mass is 10.2. The molecule has 10 heteroatoms. The quantitative estimate of drug-likeness (QED) is 0.282. The number of anilines is 1. The van der Waals surface area contributed by atoms with Crippen LogP contribution in [0.3, 0.4) is 0 Å². The summed E-state index contributed by atoms with van der Waals surface area (Å²) in [5, 5.41) is 3.79. The number of thioether (sulfide) groups is 1. The summed E-state index contributed by atoms with van der Waals surface area (Å²) in [5.74, 6) is 1.16. The van der Waals surface area contributed by atoms with E-state index in [0.29, 0.717) is 6.54 Å². The molecule has 0 bridgehead atoms. The first kappa shape index (κ1) is 26.7. The Morgan fingerprint density at radius 2 is 1.56 bits per heavy atom. The minimum absolute atomic E-state index is 0.0508. The lowest BCUT2D eigenvalue weighted by molar-refractivity contribution is -0.119. The molecule has 3 aromatic rings. The number of sulfonamides is 1. The molecule has 3 rings (SSSR count). The molecule has 180 valence electrons. The molecule has 0 heterocycles. The van der Waals surface area contributed by atoms with Gasteiger partial charge in [-0.3, -0.25) is 9.10 Å². The molecule has 0 aliphatic carbocycles. The Morgan fingerprint density at radius 1 is 0.882 bits per heavy atom. The fraction of sp³-hybridized carbons (Fsp3) is 0.208. The number of hydrogen-bond acceptors (Lipinski definition) is 4. The van der Waals surface area contributed by atoms with Crippen molar-refractivity contribution < 1.29 is 13.2 Å². The molecule has 0 saturated heterocycles. The van der Waals surface area contributed by atoms with Gasteiger partial charge in [0.2, 0.25) is 5.91 Å². The van der Waals surface area contributed by atoms with Gasteiger partial charge in [-0.2, -0.15) is 11.8 Å². The highest BCUT2D eigenvalue weighted by molar-refractivity contribution is 7.98. The maximum absolute atomic E-state index is 13.3. The number of carbonyl (C=O) groups excluding carboxylic acids is 1. The van der Waals surface area contributed by atoms with Crippen LogP contribution in [0.25, 0.3) is 0 Å². The van der Waals surface area contributed by atoms with Crippen LogP contribution in [0, 0.1) is 0 Å². The van der Waals surface area contributed by atoms with Gasteiger partial charge in [0.05, 0.1) is 20.6 Å². The first-order chi connectivity index (χ1) is 16.3. The average Bonchev–Trinajstić information content (AvgIpc) is 2.83. The number of rotatable bonds is 11. The van der Waals surface area contributed by atoms with E-state index >= 15 is 0 Å². The van der Waals surface area contributed by atoms with Crippen LogP contribution in [-0.2, 0) is 20.6 Å². The number of amides is 1. The van der Waals surface area contributed by atoms with Crippen LogP contribution < -0.4 is 9.62 Å². The molecule has 0 fully saturated rings. The zero-order valence-electron chi connectivity index (χ0n) is 18.1. The van der Waals surface area contributed by atoms with E-state index in [2.05, 4.69) is 5.32 Å². The second-order valence-corrected chi connectivity index (χ2v) is 11.4. The van der Waals surface area contributed by atoms with Crippen molar-refractivity contribution in [3.8, 4) is 0 Å². The summed E-state index contributed by atoms with van der Waals surface area (Å²) in [7, 11) is -4.05. The third-order valence-corrected chi connectivity index (χ3v) is 8.87. The van der Waals surface area contributed by atoms with Crippen molar-refractivity contribution in [3.63, 3.8) is 0 Å². The molecule has 1 amide bonds. The molecule has 5 nitrogen and oxygen atoms in total. The Bertz CT molecular complexity index is 1230. The Morgan fingerprint density at radius 3 is 2.29 bits per heavy atom. The molecule has 0 aliphatic heterocycles. The Balaban J connectivity index is 1.62. The van der Waals surface area contributed by atoms with Crippen molar-refractivity contribution in [3.05, 3.63) is 93.4 Å². The number of benzene rings is 3. The molecule has 0 aromatic heterocycles. The predicted octanol–water partition coefficient (Wildman–Crippen LogP) is 6.28. The van der Waals surface area contributed by atoms with Gasteiger partial charge in [0, 0.05) is 17.3 Å². The molecular weight excluding hydrogens is 535 g/mol. The lowest BCUT2D eigenvalue weighted by Crippen LogP contribution is -2.41. The lowest BCUT2D eigenvalue weighted by Gasteiger charge is -2.25. The summed E-state index contributed by atoms with van der Waals surface area (Å²) in [6.45, 7) is -0.0130. The highest BCUT2D eigenvalue weighted by Gasteiger charge is 2.29. The van der Waals surface area contributed by atoms with Crippen LogP contribution in [0.5, 0.6) is 0 Å². The summed E-state index contributed by atoms with van der Waals surface area (Å²) in [5.41, 5.74) is 1.21. The second kappa shape index (κ2) is 12.7. The number of carbonyl (C=O) groups is 1. The van der Waals surface area contributed by atoms with Crippen LogP contribution >= 0.6 is 46.6 Å². The molecule has 1 N–H and O–H groups in total. The first-order valence-corrected chi connectivity index (χ1v) is 14.1. The predicted molar refractivity (Wildman–Crippen MR) is 143 cm³/mol. The minimum atomic E-state index is -4.05. The molecule has 3 aromatic carbocycles. The van der Waals surface area contributed by atoms with Crippen molar-refractivity contribution in [2.75, 3.05) is 23.1 Å². The topological polar surface area (TPSA) is 66.5 Å². The average molecular weight is 558 g/mol. The van der Waals surface area contributed by atoms with Gasteiger partial charge in [-0.15, -0.1) is 0 Å². The first-order valence-electron chi connectivity index (χ1n) is 10.4. The van der Waals surface area contributed by atoms with Gasteiger partial charge in [0.15, 0.2) is 0 Å². The van der Waals surface area contributed by atoms with E-state index < -0.39 is 22.5 Å². The van der Waals surface area contributed by atoms with Crippen molar-refractivity contribution in [2.24, 2.45) is 0 Å². The standard InChI is InChI=1S/C24H23Cl3N2O3S2/c25-20-11-5-4-8-18(20)17-33-15-7-14-28-23(30)16-29(22-13-6-12-21(26)24(22)27)34(31,32)19-9-2-1-3-10-19/h1-6,8-13H,7,14-17H2,(H,28,30). The van der Waals surface area contributed by atoms with Gasteiger partial charge in [0.1, 0.15) is 6.54 Å². The number of nitrogens with zero attached hydrogens (tertiary/aromatic N) is 1. The molecule has 34 heavy (non-hydrogen) atoms. The zero-order valence-corrected chi connectivity index (χ0v) is 22.0. The largest absolute Gasteiger partial charge is 0.354 e. The van der Waals surface area contributed by atoms with Gasteiger partial charge < -0.3 is 5.32 Å². The van der Waals surface area contributed by atoms with E-state index in [1.54, 1.807) is 42.1 Å². The SMILES string of the molecule is O=C(CN(c1cccc(Cl)c1Cl)S(=O)(=O)c1ccccc1)NCCCSCc1ccccc1Cl. The van der Waals surface area contributed by atoms with Crippen LogP contribution in [-0.4, -0.2) is 33.2 Å². The zero-order chi connectivity index (χ0) is 24.6. The summed E-state index contributed by atoms with van der Waals surface area (Å²) >= 11 is 20.3. The fourth-order valence-corrected chi connectivity index (χ4v) is 6.24. The van der Waals surface area contributed by atoms with E-state index in [-0.39, 0.29) is 20.6 Å². The monoisotopic (exact) mass is 556 g/mol.